The van der Waals surface area contributed by atoms with Gasteiger partial charge < -0.3 is 4.90 Å². The number of nitrogens with zero attached hydrogens (tertiary/aromatic N) is 8. The number of sulfonamides is 1. The van der Waals surface area contributed by atoms with Crippen molar-refractivity contribution in [2.45, 2.75) is 4.90 Å². The highest BCUT2D eigenvalue weighted by atomic mass is 32.2. The molecule has 1 aromatic carbocycles. The fraction of sp³-hybridized carbons (Fsp3) is 0.235. The summed E-state index contributed by atoms with van der Waals surface area (Å²) in [6, 6.07) is 8.72. The van der Waals surface area contributed by atoms with Gasteiger partial charge in [-0.3, -0.25) is 0 Å². The van der Waals surface area contributed by atoms with Crippen molar-refractivity contribution < 1.29 is 8.42 Å². The summed E-state index contributed by atoms with van der Waals surface area (Å²) in [5.74, 6) is 1.41. The monoisotopic (exact) mass is 428 g/mol. The molecule has 4 aromatic rings. The zero-order chi connectivity index (χ0) is 19.8. The van der Waals surface area contributed by atoms with Crippen molar-refractivity contribution in [3.63, 3.8) is 0 Å². The van der Waals surface area contributed by atoms with Crippen LogP contribution in [0.5, 0.6) is 0 Å². The van der Waals surface area contributed by atoms with Crippen molar-refractivity contribution in [3.8, 4) is 5.82 Å². The number of aromatic nitrogens is 6. The number of fused-ring (bicyclic) bond motifs is 1. The predicted octanol–water partition coefficient (Wildman–Crippen LogP) is 1.18. The second-order valence-electron chi connectivity index (χ2n) is 6.46. The van der Waals surface area contributed by atoms with E-state index in [9.17, 15) is 8.42 Å². The molecule has 0 N–H and O–H groups in total. The van der Waals surface area contributed by atoms with Crippen LogP contribution in [0.1, 0.15) is 0 Å². The lowest BCUT2D eigenvalue weighted by Crippen LogP contribution is -2.49. The molecule has 1 saturated heterocycles. The molecule has 0 unspecified atom stereocenters. The summed E-state index contributed by atoms with van der Waals surface area (Å²) >= 11 is 1.02. The van der Waals surface area contributed by atoms with Gasteiger partial charge in [-0.1, -0.05) is 6.07 Å². The molecule has 0 aliphatic carbocycles. The number of benzene rings is 1. The first-order valence-electron chi connectivity index (χ1n) is 8.91. The molecule has 5 rings (SSSR count). The van der Waals surface area contributed by atoms with Crippen LogP contribution in [0.25, 0.3) is 16.9 Å². The summed E-state index contributed by atoms with van der Waals surface area (Å²) < 4.78 is 37.8. The first-order valence-corrected chi connectivity index (χ1v) is 11.1. The molecule has 1 fully saturated rings. The number of hydrogen-bond donors (Lipinski definition) is 0. The highest BCUT2D eigenvalue weighted by Crippen LogP contribution is 2.26. The van der Waals surface area contributed by atoms with Gasteiger partial charge in [-0.15, -0.1) is 0 Å². The molecule has 3 aromatic heterocycles. The summed E-state index contributed by atoms with van der Waals surface area (Å²) in [6.45, 7) is 1.77. The Balaban J connectivity index is 1.35. The Bertz CT molecular complexity index is 1250. The van der Waals surface area contributed by atoms with Gasteiger partial charge in [-0.05, 0) is 18.2 Å². The Morgan fingerprint density at radius 2 is 1.79 bits per heavy atom. The smallest absolute Gasteiger partial charge is 0.245 e. The maximum absolute atomic E-state index is 13.2. The normalized spacial score (nSPS) is 15.8. The van der Waals surface area contributed by atoms with Gasteiger partial charge in [-0.2, -0.15) is 18.2 Å². The molecule has 10 nitrogen and oxygen atoms in total. The van der Waals surface area contributed by atoms with Crippen LogP contribution < -0.4 is 4.90 Å². The molecule has 0 amide bonds. The molecule has 0 saturated carbocycles. The first kappa shape index (κ1) is 18.1. The zero-order valence-corrected chi connectivity index (χ0v) is 16.8. The van der Waals surface area contributed by atoms with E-state index in [-0.39, 0.29) is 4.90 Å². The third-order valence-corrected chi connectivity index (χ3v) is 7.28. The van der Waals surface area contributed by atoms with Crippen LogP contribution >= 0.6 is 11.7 Å². The van der Waals surface area contributed by atoms with Gasteiger partial charge >= 0.3 is 0 Å². The van der Waals surface area contributed by atoms with E-state index < -0.39 is 10.0 Å². The predicted molar refractivity (Wildman–Crippen MR) is 108 cm³/mol. The van der Waals surface area contributed by atoms with Crippen molar-refractivity contribution >= 4 is 38.6 Å². The van der Waals surface area contributed by atoms with Crippen LogP contribution in [-0.4, -0.2) is 67.4 Å². The van der Waals surface area contributed by atoms with Crippen LogP contribution in [0.4, 0.5) is 5.82 Å². The van der Waals surface area contributed by atoms with Gasteiger partial charge in [0.25, 0.3) is 0 Å². The highest BCUT2D eigenvalue weighted by molar-refractivity contribution is 7.89. The molecule has 4 heterocycles. The summed E-state index contributed by atoms with van der Waals surface area (Å²) in [5, 5.41) is 4.18. The lowest BCUT2D eigenvalue weighted by molar-refractivity contribution is 0.384. The summed E-state index contributed by atoms with van der Waals surface area (Å²) in [6.07, 6.45) is 4.99. The zero-order valence-electron chi connectivity index (χ0n) is 15.2. The van der Waals surface area contributed by atoms with E-state index in [1.54, 1.807) is 29.1 Å². The summed E-state index contributed by atoms with van der Waals surface area (Å²) in [5.41, 5.74) is 1.03. The highest BCUT2D eigenvalue weighted by Gasteiger charge is 2.31. The standard InChI is InChI=1S/C17H16N8O2S2/c26-29(27,14-4-1-3-13-17(14)22-28-21-13)24-9-7-23(8-10-24)15-11-16(19-12-18-15)25-6-2-5-20-25/h1-6,11-12H,7-10H2. The largest absolute Gasteiger partial charge is 0.354 e. The third-order valence-electron chi connectivity index (χ3n) is 4.81. The first-order chi connectivity index (χ1) is 14.1. The lowest BCUT2D eigenvalue weighted by atomic mass is 10.3. The minimum absolute atomic E-state index is 0.209. The molecule has 0 atom stereocenters. The van der Waals surface area contributed by atoms with E-state index in [0.29, 0.717) is 43.0 Å². The summed E-state index contributed by atoms with van der Waals surface area (Å²) in [4.78, 5) is 10.8. The topological polar surface area (TPSA) is 110 Å². The fourth-order valence-corrected chi connectivity index (χ4v) is 5.50. The van der Waals surface area contributed by atoms with E-state index in [0.717, 1.165) is 17.5 Å². The van der Waals surface area contributed by atoms with Gasteiger partial charge in [0, 0.05) is 44.6 Å². The van der Waals surface area contributed by atoms with Crippen LogP contribution in [0.3, 0.4) is 0 Å². The van der Waals surface area contributed by atoms with Crippen LogP contribution in [0.2, 0.25) is 0 Å². The molecule has 12 heteroatoms. The van der Waals surface area contributed by atoms with Crippen molar-refractivity contribution in [1.82, 2.24) is 32.8 Å². The van der Waals surface area contributed by atoms with E-state index in [1.165, 1.54) is 10.6 Å². The lowest BCUT2D eigenvalue weighted by Gasteiger charge is -2.34. The van der Waals surface area contributed by atoms with Crippen LogP contribution in [0, 0.1) is 0 Å². The molecular weight excluding hydrogens is 412 g/mol. The number of anilines is 1. The van der Waals surface area contributed by atoms with Crippen molar-refractivity contribution in [1.29, 1.82) is 0 Å². The van der Waals surface area contributed by atoms with Crippen LogP contribution in [-0.2, 0) is 10.0 Å². The Morgan fingerprint density at radius 1 is 0.966 bits per heavy atom. The Hall–Kier alpha value is -2.96. The molecule has 0 radical (unpaired) electrons. The fourth-order valence-electron chi connectivity index (χ4n) is 3.33. The molecule has 29 heavy (non-hydrogen) atoms. The number of hydrogen-bond acceptors (Lipinski definition) is 9. The van der Waals surface area contributed by atoms with Gasteiger partial charge in [0.2, 0.25) is 10.0 Å². The average molecular weight is 429 g/mol. The van der Waals surface area contributed by atoms with E-state index >= 15 is 0 Å². The van der Waals surface area contributed by atoms with Gasteiger partial charge in [0.1, 0.15) is 28.1 Å². The SMILES string of the molecule is O=S(=O)(c1cccc2nsnc12)N1CCN(c2cc(-n3cccn3)ncn2)CC1. The Labute approximate surface area is 170 Å². The molecule has 1 aliphatic rings. The Kier molecular flexibility index (Phi) is 4.45. The van der Waals surface area contributed by atoms with E-state index in [1.807, 2.05) is 23.2 Å². The van der Waals surface area contributed by atoms with E-state index in [4.69, 9.17) is 0 Å². The molecule has 148 valence electrons. The molecule has 1 aliphatic heterocycles. The van der Waals surface area contributed by atoms with Gasteiger partial charge in [0.05, 0.1) is 11.7 Å². The minimum atomic E-state index is -3.64. The Morgan fingerprint density at radius 3 is 2.59 bits per heavy atom. The van der Waals surface area contributed by atoms with E-state index in [2.05, 4.69) is 23.8 Å². The molecular formula is C17H16N8O2S2. The molecule has 0 bridgehead atoms. The maximum atomic E-state index is 13.2. The third kappa shape index (κ3) is 3.24. The van der Waals surface area contributed by atoms with Crippen LogP contribution in [0.15, 0.2) is 53.9 Å². The number of piperazine rings is 1. The summed E-state index contributed by atoms with van der Waals surface area (Å²) in [7, 11) is -3.64. The second kappa shape index (κ2) is 7.13. The van der Waals surface area contributed by atoms with Crippen molar-refractivity contribution in [3.05, 3.63) is 49.1 Å². The van der Waals surface area contributed by atoms with Crippen molar-refractivity contribution in [2.24, 2.45) is 0 Å². The maximum Gasteiger partial charge on any atom is 0.245 e. The average Bonchev–Trinajstić information content (AvgIpc) is 3.45. The molecule has 0 spiro atoms. The quantitative estimate of drug-likeness (QED) is 0.477. The minimum Gasteiger partial charge on any atom is -0.354 e. The van der Waals surface area contributed by atoms with Gasteiger partial charge in [0.15, 0.2) is 5.82 Å². The second-order valence-corrected chi connectivity index (χ2v) is 8.90. The number of rotatable bonds is 4. The van der Waals surface area contributed by atoms with Gasteiger partial charge in [-0.25, -0.2) is 23.1 Å². The van der Waals surface area contributed by atoms with Crippen molar-refractivity contribution in [2.75, 3.05) is 31.1 Å².